The minimum atomic E-state index is -0.297. The number of carbonyl (C=O) groups is 2. The summed E-state index contributed by atoms with van der Waals surface area (Å²) in [5.74, 6) is -0.449. The van der Waals surface area contributed by atoms with E-state index in [2.05, 4.69) is 25.6 Å². The van der Waals surface area contributed by atoms with E-state index in [-0.39, 0.29) is 40.7 Å². The van der Waals surface area contributed by atoms with Crippen LogP contribution in [0.5, 0.6) is 0 Å². The van der Waals surface area contributed by atoms with Gasteiger partial charge in [-0.1, -0.05) is 23.9 Å². The Balaban J connectivity index is 1.61. The average Bonchev–Trinajstić information content (AvgIpc) is 3.36. The van der Waals surface area contributed by atoms with E-state index in [1.165, 1.54) is 0 Å². The summed E-state index contributed by atoms with van der Waals surface area (Å²) < 4.78 is 0. The number of aromatic nitrogens is 3. The van der Waals surface area contributed by atoms with Crippen molar-refractivity contribution in [3.8, 4) is 0 Å². The van der Waals surface area contributed by atoms with E-state index in [4.69, 9.17) is 11.5 Å². The molecular formula is C15H17N7O2S. The van der Waals surface area contributed by atoms with Crippen LogP contribution in [-0.2, 0) is 4.79 Å². The number of hydrogen-bond acceptors (Lipinski definition) is 8. The zero-order chi connectivity index (χ0) is 17.8. The largest absolute Gasteiger partial charge is 0.368 e. The predicted molar refractivity (Wildman–Crippen MR) is 94.9 cm³/mol. The van der Waals surface area contributed by atoms with Crippen LogP contribution < -0.4 is 22.1 Å². The Bertz CT molecular complexity index is 790. The van der Waals surface area contributed by atoms with Gasteiger partial charge in [-0.25, -0.2) is 0 Å². The number of anilines is 3. The van der Waals surface area contributed by atoms with E-state index in [9.17, 15) is 9.59 Å². The molecule has 9 nitrogen and oxygen atoms in total. The molecule has 1 aromatic heterocycles. The maximum atomic E-state index is 12.2. The molecule has 1 saturated carbocycles. The van der Waals surface area contributed by atoms with Gasteiger partial charge in [-0.2, -0.15) is 15.0 Å². The van der Waals surface area contributed by atoms with Crippen LogP contribution in [0.3, 0.4) is 0 Å². The van der Waals surface area contributed by atoms with Gasteiger partial charge in [0.15, 0.2) is 5.16 Å². The first-order chi connectivity index (χ1) is 12.0. The lowest BCUT2D eigenvalue weighted by molar-refractivity contribution is -0.113. The Morgan fingerprint density at radius 3 is 2.48 bits per heavy atom. The van der Waals surface area contributed by atoms with E-state index >= 15 is 0 Å². The van der Waals surface area contributed by atoms with Gasteiger partial charge in [-0.15, -0.1) is 0 Å². The quantitative estimate of drug-likeness (QED) is 0.550. The summed E-state index contributed by atoms with van der Waals surface area (Å²) in [5.41, 5.74) is 11.9. The lowest BCUT2D eigenvalue weighted by atomic mass is 10.1. The lowest BCUT2D eigenvalue weighted by Crippen LogP contribution is -2.27. The van der Waals surface area contributed by atoms with Gasteiger partial charge in [-0.3, -0.25) is 9.59 Å². The van der Waals surface area contributed by atoms with Crippen molar-refractivity contribution in [1.29, 1.82) is 0 Å². The Morgan fingerprint density at radius 1 is 1.12 bits per heavy atom. The highest BCUT2D eigenvalue weighted by Gasteiger charge is 2.25. The fourth-order valence-corrected chi connectivity index (χ4v) is 2.70. The third kappa shape index (κ3) is 4.80. The van der Waals surface area contributed by atoms with Crippen LogP contribution in [0.15, 0.2) is 29.4 Å². The van der Waals surface area contributed by atoms with Crippen LogP contribution in [0, 0.1) is 0 Å². The Kier molecular flexibility index (Phi) is 4.98. The minimum absolute atomic E-state index is 0.00231. The molecule has 1 aliphatic carbocycles. The highest BCUT2D eigenvalue weighted by atomic mass is 32.2. The van der Waals surface area contributed by atoms with Gasteiger partial charge in [0.05, 0.1) is 17.0 Å². The van der Waals surface area contributed by atoms with E-state index in [0.29, 0.717) is 11.3 Å². The van der Waals surface area contributed by atoms with Crippen molar-refractivity contribution in [2.24, 2.45) is 0 Å². The fourth-order valence-electron chi connectivity index (χ4n) is 2.05. The van der Waals surface area contributed by atoms with Gasteiger partial charge < -0.3 is 22.1 Å². The molecule has 0 spiro atoms. The molecule has 1 aromatic carbocycles. The molecule has 0 saturated heterocycles. The van der Waals surface area contributed by atoms with Gasteiger partial charge >= 0.3 is 0 Å². The number of nitrogens with zero attached hydrogens (tertiary/aromatic N) is 3. The Morgan fingerprint density at radius 2 is 1.80 bits per heavy atom. The smallest absolute Gasteiger partial charge is 0.253 e. The summed E-state index contributed by atoms with van der Waals surface area (Å²) in [5, 5.41) is 5.90. The second kappa shape index (κ2) is 7.34. The molecule has 2 amide bonds. The van der Waals surface area contributed by atoms with Crippen molar-refractivity contribution in [2.75, 3.05) is 22.5 Å². The molecule has 0 unspecified atom stereocenters. The molecule has 0 bridgehead atoms. The van der Waals surface area contributed by atoms with Crippen molar-refractivity contribution in [2.45, 2.75) is 24.0 Å². The zero-order valence-corrected chi connectivity index (χ0v) is 14.0. The van der Waals surface area contributed by atoms with Crippen LogP contribution >= 0.6 is 11.8 Å². The number of nitrogen functional groups attached to an aromatic ring is 2. The molecule has 0 radical (unpaired) electrons. The lowest BCUT2D eigenvalue weighted by Gasteiger charge is -2.11. The van der Waals surface area contributed by atoms with Crippen molar-refractivity contribution >= 4 is 41.2 Å². The van der Waals surface area contributed by atoms with E-state index in [1.54, 1.807) is 24.3 Å². The maximum Gasteiger partial charge on any atom is 0.253 e. The normalized spacial score (nSPS) is 13.3. The molecule has 0 atom stereocenters. The number of hydrogen-bond donors (Lipinski definition) is 4. The zero-order valence-electron chi connectivity index (χ0n) is 13.2. The average molecular weight is 359 g/mol. The SMILES string of the molecule is Nc1nc(N)nc(SCC(=O)Nc2ccccc2C(=O)NC2CC2)n1. The molecule has 0 aliphatic heterocycles. The molecule has 3 rings (SSSR count). The summed E-state index contributed by atoms with van der Waals surface area (Å²) in [4.78, 5) is 35.8. The third-order valence-corrected chi connectivity index (χ3v) is 4.19. The van der Waals surface area contributed by atoms with Crippen LogP contribution in [0.2, 0.25) is 0 Å². The number of amides is 2. The van der Waals surface area contributed by atoms with Gasteiger partial charge in [0, 0.05) is 6.04 Å². The molecule has 1 fully saturated rings. The van der Waals surface area contributed by atoms with Gasteiger partial charge in [-0.05, 0) is 25.0 Å². The van der Waals surface area contributed by atoms with E-state index < -0.39 is 0 Å². The summed E-state index contributed by atoms with van der Waals surface area (Å²) in [7, 11) is 0. The first-order valence-electron chi connectivity index (χ1n) is 7.61. The van der Waals surface area contributed by atoms with E-state index in [0.717, 1.165) is 24.6 Å². The number of rotatable bonds is 6. The second-order valence-electron chi connectivity index (χ2n) is 5.46. The van der Waals surface area contributed by atoms with Gasteiger partial charge in [0.25, 0.3) is 5.91 Å². The first kappa shape index (κ1) is 17.0. The highest BCUT2D eigenvalue weighted by molar-refractivity contribution is 7.99. The summed E-state index contributed by atoms with van der Waals surface area (Å²) in [6.07, 6.45) is 1.99. The van der Waals surface area contributed by atoms with Crippen LogP contribution in [-0.4, -0.2) is 38.6 Å². The second-order valence-corrected chi connectivity index (χ2v) is 6.41. The molecule has 1 aliphatic rings. The molecule has 130 valence electrons. The highest BCUT2D eigenvalue weighted by Crippen LogP contribution is 2.22. The monoisotopic (exact) mass is 359 g/mol. The van der Waals surface area contributed by atoms with Crippen molar-refractivity contribution in [3.05, 3.63) is 29.8 Å². The van der Waals surface area contributed by atoms with E-state index in [1.807, 2.05) is 0 Å². The van der Waals surface area contributed by atoms with Crippen LogP contribution in [0.4, 0.5) is 17.6 Å². The fraction of sp³-hybridized carbons (Fsp3) is 0.267. The standard InChI is InChI=1S/C15H17N7O2S/c16-13-20-14(17)22-15(21-13)25-7-11(23)19-10-4-2-1-3-9(10)12(24)18-8-5-6-8/h1-4,8H,5-7H2,(H,18,24)(H,19,23)(H4,16,17,20,21,22). The van der Waals surface area contributed by atoms with Crippen molar-refractivity contribution in [1.82, 2.24) is 20.3 Å². The van der Waals surface area contributed by atoms with Crippen molar-refractivity contribution in [3.63, 3.8) is 0 Å². The number of nitrogens with one attached hydrogen (secondary N) is 2. The maximum absolute atomic E-state index is 12.2. The summed E-state index contributed by atoms with van der Waals surface area (Å²) in [6.45, 7) is 0. The Hall–Kier alpha value is -2.88. The predicted octanol–water partition coefficient (Wildman–Crippen LogP) is 0.659. The first-order valence-corrected chi connectivity index (χ1v) is 8.59. The van der Waals surface area contributed by atoms with Crippen LogP contribution in [0.1, 0.15) is 23.2 Å². The molecule has 1 heterocycles. The summed E-state index contributed by atoms with van der Waals surface area (Å²) >= 11 is 1.08. The molecule has 25 heavy (non-hydrogen) atoms. The molecule has 6 N–H and O–H groups in total. The molecular weight excluding hydrogens is 342 g/mol. The molecule has 10 heteroatoms. The minimum Gasteiger partial charge on any atom is -0.368 e. The number of thioether (sulfide) groups is 1. The van der Waals surface area contributed by atoms with Gasteiger partial charge in [0.2, 0.25) is 17.8 Å². The topological polar surface area (TPSA) is 149 Å². The Labute approximate surface area is 148 Å². The summed E-state index contributed by atoms with van der Waals surface area (Å²) in [6, 6.07) is 7.11. The number of para-hydroxylation sites is 1. The third-order valence-electron chi connectivity index (χ3n) is 3.34. The van der Waals surface area contributed by atoms with Crippen molar-refractivity contribution < 1.29 is 9.59 Å². The van der Waals surface area contributed by atoms with Crippen LogP contribution in [0.25, 0.3) is 0 Å². The number of nitrogens with two attached hydrogens (primary N) is 2. The molecule has 2 aromatic rings. The number of carbonyl (C=O) groups excluding carboxylic acids is 2. The van der Waals surface area contributed by atoms with Gasteiger partial charge in [0.1, 0.15) is 0 Å². The number of benzene rings is 1.